The molecular formula is C11H18O. The molecule has 1 saturated carbocycles. The molecule has 0 spiro atoms. The van der Waals surface area contributed by atoms with Crippen LogP contribution in [0.3, 0.4) is 0 Å². The minimum absolute atomic E-state index is 0.211. The molecule has 1 aliphatic rings. The maximum Gasteiger partial charge on any atom is 0.134 e. The molecule has 0 aromatic carbocycles. The third-order valence-corrected chi connectivity index (χ3v) is 2.86. The summed E-state index contributed by atoms with van der Waals surface area (Å²) in [7, 11) is 0. The summed E-state index contributed by atoms with van der Waals surface area (Å²) in [6.45, 7) is 10.2. The van der Waals surface area contributed by atoms with Gasteiger partial charge in [0, 0.05) is 5.92 Å². The molecule has 0 bridgehead atoms. The van der Waals surface area contributed by atoms with E-state index in [0.717, 1.165) is 0 Å². The fraction of sp³-hybridized carbons (Fsp3) is 0.727. The van der Waals surface area contributed by atoms with Crippen molar-refractivity contribution in [3.8, 4) is 0 Å². The van der Waals surface area contributed by atoms with E-state index < -0.39 is 0 Å². The zero-order valence-electron chi connectivity index (χ0n) is 8.64. The molecule has 0 aromatic rings. The first-order valence-electron chi connectivity index (χ1n) is 4.53. The highest BCUT2D eigenvalue weighted by Crippen LogP contribution is 2.59. The lowest BCUT2D eigenvalue weighted by Crippen LogP contribution is -1.99. The Hall–Kier alpha value is -0.590. The van der Waals surface area contributed by atoms with Crippen molar-refractivity contribution in [3.05, 3.63) is 11.6 Å². The molecule has 12 heavy (non-hydrogen) atoms. The van der Waals surface area contributed by atoms with Gasteiger partial charge < -0.3 is 0 Å². The average Bonchev–Trinajstić information content (AvgIpc) is 2.32. The van der Waals surface area contributed by atoms with Crippen LogP contribution in [0.5, 0.6) is 0 Å². The normalized spacial score (nSPS) is 31.1. The Balaban J connectivity index is 2.73. The SMILES string of the molecule is CC(=O)C1C(C=C(C)C)C1(C)C. The van der Waals surface area contributed by atoms with Gasteiger partial charge in [-0.25, -0.2) is 0 Å². The Morgan fingerprint density at radius 1 is 1.25 bits per heavy atom. The molecule has 0 radical (unpaired) electrons. The second-order valence-corrected chi connectivity index (χ2v) is 4.68. The van der Waals surface area contributed by atoms with Gasteiger partial charge in [0.1, 0.15) is 5.78 Å². The van der Waals surface area contributed by atoms with E-state index in [2.05, 4.69) is 33.8 Å². The van der Waals surface area contributed by atoms with Crippen LogP contribution in [0, 0.1) is 17.3 Å². The third kappa shape index (κ3) is 1.45. The van der Waals surface area contributed by atoms with Crippen LogP contribution >= 0.6 is 0 Å². The van der Waals surface area contributed by atoms with Gasteiger partial charge in [-0.1, -0.05) is 25.5 Å². The molecule has 1 nitrogen and oxygen atoms in total. The van der Waals surface area contributed by atoms with E-state index in [1.807, 2.05) is 0 Å². The first-order chi connectivity index (χ1) is 5.37. The lowest BCUT2D eigenvalue weighted by molar-refractivity contribution is -0.118. The highest BCUT2D eigenvalue weighted by molar-refractivity contribution is 5.83. The van der Waals surface area contributed by atoms with Gasteiger partial charge in [-0.2, -0.15) is 0 Å². The lowest BCUT2D eigenvalue weighted by atomic mass is 10.1. The Labute approximate surface area is 74.9 Å². The highest BCUT2D eigenvalue weighted by atomic mass is 16.1. The van der Waals surface area contributed by atoms with E-state index in [9.17, 15) is 4.79 Å². The summed E-state index contributed by atoms with van der Waals surface area (Å²) >= 11 is 0. The number of carbonyl (C=O) groups is 1. The van der Waals surface area contributed by atoms with Crippen molar-refractivity contribution in [3.63, 3.8) is 0 Å². The number of rotatable bonds is 2. The van der Waals surface area contributed by atoms with Crippen molar-refractivity contribution in [2.24, 2.45) is 17.3 Å². The van der Waals surface area contributed by atoms with E-state index in [1.165, 1.54) is 5.57 Å². The summed E-state index contributed by atoms with van der Waals surface area (Å²) < 4.78 is 0. The van der Waals surface area contributed by atoms with Crippen molar-refractivity contribution in [2.75, 3.05) is 0 Å². The Kier molecular flexibility index (Phi) is 2.15. The molecule has 0 aromatic heterocycles. The summed E-state index contributed by atoms with van der Waals surface area (Å²) in [5.74, 6) is 1.09. The van der Waals surface area contributed by atoms with Crippen LogP contribution in [0.4, 0.5) is 0 Å². The Morgan fingerprint density at radius 2 is 1.75 bits per heavy atom. The molecular weight excluding hydrogens is 148 g/mol. The van der Waals surface area contributed by atoms with Crippen molar-refractivity contribution in [1.82, 2.24) is 0 Å². The minimum atomic E-state index is 0.211. The van der Waals surface area contributed by atoms with Gasteiger partial charge in [-0.15, -0.1) is 0 Å². The molecule has 1 heteroatoms. The van der Waals surface area contributed by atoms with Gasteiger partial charge in [0.2, 0.25) is 0 Å². The number of Topliss-reactive ketones (excluding diaryl/α,β-unsaturated/α-hetero) is 1. The Bertz CT molecular complexity index is 231. The van der Waals surface area contributed by atoms with Crippen LogP contribution in [0.15, 0.2) is 11.6 Å². The van der Waals surface area contributed by atoms with Crippen molar-refractivity contribution < 1.29 is 4.79 Å². The maximum atomic E-state index is 11.2. The van der Waals surface area contributed by atoms with Crippen molar-refractivity contribution >= 4 is 5.78 Å². The zero-order chi connectivity index (χ0) is 9.52. The summed E-state index contributed by atoms with van der Waals surface area (Å²) in [5.41, 5.74) is 1.53. The average molecular weight is 166 g/mol. The zero-order valence-corrected chi connectivity index (χ0v) is 8.64. The van der Waals surface area contributed by atoms with E-state index >= 15 is 0 Å². The quantitative estimate of drug-likeness (QED) is 0.576. The van der Waals surface area contributed by atoms with Crippen molar-refractivity contribution in [2.45, 2.75) is 34.6 Å². The molecule has 0 N–H and O–H groups in total. The fourth-order valence-corrected chi connectivity index (χ4v) is 2.12. The summed E-state index contributed by atoms with van der Waals surface area (Å²) in [4.78, 5) is 11.2. The number of carbonyl (C=O) groups excluding carboxylic acids is 1. The predicted octanol–water partition coefficient (Wildman–Crippen LogP) is 2.81. The van der Waals surface area contributed by atoms with Crippen LogP contribution in [0.2, 0.25) is 0 Å². The monoisotopic (exact) mass is 166 g/mol. The van der Waals surface area contributed by atoms with Gasteiger partial charge in [-0.3, -0.25) is 4.79 Å². The maximum absolute atomic E-state index is 11.2. The number of ketones is 1. The number of hydrogen-bond acceptors (Lipinski definition) is 1. The smallest absolute Gasteiger partial charge is 0.134 e. The molecule has 2 unspecified atom stereocenters. The molecule has 1 rings (SSSR count). The van der Waals surface area contributed by atoms with Gasteiger partial charge >= 0.3 is 0 Å². The first-order valence-corrected chi connectivity index (χ1v) is 4.53. The Morgan fingerprint density at radius 3 is 2.00 bits per heavy atom. The summed E-state index contributed by atoms with van der Waals surface area (Å²) in [5, 5.41) is 0. The number of hydrogen-bond donors (Lipinski definition) is 0. The van der Waals surface area contributed by atoms with Gasteiger partial charge in [0.05, 0.1) is 0 Å². The fourth-order valence-electron chi connectivity index (χ4n) is 2.12. The van der Waals surface area contributed by atoms with Crippen LogP contribution in [0.1, 0.15) is 34.6 Å². The lowest BCUT2D eigenvalue weighted by Gasteiger charge is -1.97. The molecule has 0 heterocycles. The van der Waals surface area contributed by atoms with Crippen LogP contribution in [-0.2, 0) is 4.79 Å². The summed E-state index contributed by atoms with van der Waals surface area (Å²) in [6.07, 6.45) is 2.23. The first kappa shape index (κ1) is 9.50. The molecule has 68 valence electrons. The van der Waals surface area contributed by atoms with E-state index in [0.29, 0.717) is 11.7 Å². The standard InChI is InChI=1S/C11H18O/c1-7(2)6-9-10(8(3)12)11(9,4)5/h6,9-10H,1-5H3. The third-order valence-electron chi connectivity index (χ3n) is 2.86. The molecule has 1 fully saturated rings. The highest BCUT2D eigenvalue weighted by Gasteiger charge is 2.58. The topological polar surface area (TPSA) is 17.1 Å². The molecule has 0 saturated heterocycles. The van der Waals surface area contributed by atoms with Crippen LogP contribution in [0.25, 0.3) is 0 Å². The van der Waals surface area contributed by atoms with Gasteiger partial charge in [0.15, 0.2) is 0 Å². The second kappa shape index (κ2) is 2.72. The molecule has 0 amide bonds. The predicted molar refractivity (Wildman–Crippen MR) is 50.9 cm³/mol. The summed E-state index contributed by atoms with van der Waals surface area (Å²) in [6, 6.07) is 0. The largest absolute Gasteiger partial charge is 0.300 e. The van der Waals surface area contributed by atoms with Gasteiger partial charge in [-0.05, 0) is 32.1 Å². The van der Waals surface area contributed by atoms with Crippen LogP contribution in [-0.4, -0.2) is 5.78 Å². The van der Waals surface area contributed by atoms with E-state index in [4.69, 9.17) is 0 Å². The van der Waals surface area contributed by atoms with Crippen LogP contribution < -0.4 is 0 Å². The van der Waals surface area contributed by atoms with Crippen molar-refractivity contribution in [1.29, 1.82) is 0 Å². The minimum Gasteiger partial charge on any atom is -0.300 e. The second-order valence-electron chi connectivity index (χ2n) is 4.68. The molecule has 0 aliphatic heterocycles. The van der Waals surface area contributed by atoms with E-state index in [1.54, 1.807) is 6.92 Å². The number of allylic oxidation sites excluding steroid dienone is 2. The molecule has 2 atom stereocenters. The molecule has 1 aliphatic carbocycles. The van der Waals surface area contributed by atoms with Gasteiger partial charge in [0.25, 0.3) is 0 Å². The van der Waals surface area contributed by atoms with E-state index in [-0.39, 0.29) is 11.3 Å².